The number of nitrogens with zero attached hydrogens (tertiary/aromatic N) is 5. The van der Waals surface area contributed by atoms with E-state index in [-0.39, 0.29) is 11.6 Å². The third-order valence-electron chi connectivity index (χ3n) is 4.04. The SMILES string of the molecule is C=CCN(CC=C)C(c1cccc([N+](=O)[O-])c1)c1sc2nc(C)nn2c1O. The maximum Gasteiger partial charge on any atom is 0.269 e. The zero-order valence-corrected chi connectivity index (χ0v) is 15.6. The number of hydrogen-bond acceptors (Lipinski definition) is 7. The van der Waals surface area contributed by atoms with E-state index in [0.29, 0.717) is 34.3 Å². The Labute approximate surface area is 159 Å². The highest BCUT2D eigenvalue weighted by atomic mass is 32.1. The van der Waals surface area contributed by atoms with E-state index in [1.165, 1.54) is 28.0 Å². The second kappa shape index (κ2) is 7.68. The summed E-state index contributed by atoms with van der Waals surface area (Å²) in [4.78, 5) is 18.3. The van der Waals surface area contributed by atoms with Gasteiger partial charge in [0.2, 0.25) is 10.8 Å². The van der Waals surface area contributed by atoms with Crippen molar-refractivity contribution >= 4 is 22.0 Å². The third-order valence-corrected chi connectivity index (χ3v) is 5.12. The Morgan fingerprint density at radius 2 is 2.11 bits per heavy atom. The zero-order chi connectivity index (χ0) is 19.6. The van der Waals surface area contributed by atoms with Crippen molar-refractivity contribution in [3.63, 3.8) is 0 Å². The molecule has 0 spiro atoms. The van der Waals surface area contributed by atoms with Crippen LogP contribution in [0.2, 0.25) is 0 Å². The van der Waals surface area contributed by atoms with Gasteiger partial charge in [0.25, 0.3) is 5.69 Å². The maximum atomic E-state index is 11.2. The van der Waals surface area contributed by atoms with Gasteiger partial charge in [-0.05, 0) is 12.5 Å². The summed E-state index contributed by atoms with van der Waals surface area (Å²) in [5.74, 6) is 0.536. The molecule has 2 heterocycles. The van der Waals surface area contributed by atoms with Gasteiger partial charge < -0.3 is 5.11 Å². The number of aryl methyl sites for hydroxylation is 1. The summed E-state index contributed by atoms with van der Waals surface area (Å²) in [7, 11) is 0. The monoisotopic (exact) mass is 385 g/mol. The summed E-state index contributed by atoms with van der Waals surface area (Å²) in [5.41, 5.74) is 0.675. The van der Waals surface area contributed by atoms with Crippen LogP contribution in [-0.2, 0) is 0 Å². The van der Waals surface area contributed by atoms with E-state index in [2.05, 4.69) is 23.2 Å². The van der Waals surface area contributed by atoms with Gasteiger partial charge in [0.1, 0.15) is 5.82 Å². The van der Waals surface area contributed by atoms with Gasteiger partial charge in [0.15, 0.2) is 0 Å². The molecule has 0 saturated carbocycles. The Morgan fingerprint density at radius 1 is 1.41 bits per heavy atom. The highest BCUT2D eigenvalue weighted by molar-refractivity contribution is 7.17. The number of aromatic hydroxyl groups is 1. The molecule has 0 saturated heterocycles. The summed E-state index contributed by atoms with van der Waals surface area (Å²) < 4.78 is 1.39. The molecule has 27 heavy (non-hydrogen) atoms. The van der Waals surface area contributed by atoms with Gasteiger partial charge >= 0.3 is 0 Å². The number of thiazole rings is 1. The van der Waals surface area contributed by atoms with Gasteiger partial charge in [-0.25, -0.2) is 4.98 Å². The van der Waals surface area contributed by atoms with Crippen LogP contribution in [0.1, 0.15) is 22.3 Å². The number of rotatable bonds is 8. The average molecular weight is 385 g/mol. The molecule has 8 nitrogen and oxygen atoms in total. The molecule has 1 aromatic carbocycles. The van der Waals surface area contributed by atoms with Crippen LogP contribution in [0.4, 0.5) is 5.69 Å². The molecular weight excluding hydrogens is 366 g/mol. The Kier molecular flexibility index (Phi) is 5.33. The summed E-state index contributed by atoms with van der Waals surface area (Å²) in [6.07, 6.45) is 3.48. The number of nitro groups is 1. The highest BCUT2D eigenvalue weighted by Gasteiger charge is 2.29. The molecular formula is C18H19N5O3S. The van der Waals surface area contributed by atoms with Crippen LogP contribution in [0.3, 0.4) is 0 Å². The summed E-state index contributed by atoms with van der Waals surface area (Å²) in [6.45, 7) is 10.3. The summed E-state index contributed by atoms with van der Waals surface area (Å²) in [6, 6.07) is 5.97. The lowest BCUT2D eigenvalue weighted by molar-refractivity contribution is -0.384. The van der Waals surface area contributed by atoms with Gasteiger partial charge in [0.05, 0.1) is 15.8 Å². The van der Waals surface area contributed by atoms with Crippen LogP contribution >= 0.6 is 11.3 Å². The molecule has 1 unspecified atom stereocenters. The van der Waals surface area contributed by atoms with Crippen LogP contribution in [0, 0.1) is 17.0 Å². The summed E-state index contributed by atoms with van der Waals surface area (Å²) >= 11 is 1.30. The third kappa shape index (κ3) is 3.60. The minimum atomic E-state index is -0.435. The van der Waals surface area contributed by atoms with E-state index in [1.54, 1.807) is 31.2 Å². The maximum absolute atomic E-state index is 11.2. The van der Waals surface area contributed by atoms with E-state index in [0.717, 1.165) is 0 Å². The normalized spacial score (nSPS) is 12.4. The first-order chi connectivity index (χ1) is 13.0. The fraction of sp³-hybridized carbons (Fsp3) is 0.222. The van der Waals surface area contributed by atoms with E-state index >= 15 is 0 Å². The summed E-state index contributed by atoms with van der Waals surface area (Å²) in [5, 5.41) is 26.2. The quantitative estimate of drug-likeness (QED) is 0.362. The Bertz CT molecular complexity index is 1000. The molecule has 9 heteroatoms. The highest BCUT2D eigenvalue weighted by Crippen LogP contribution is 2.40. The lowest BCUT2D eigenvalue weighted by atomic mass is 10.0. The lowest BCUT2D eigenvalue weighted by Crippen LogP contribution is -2.29. The minimum Gasteiger partial charge on any atom is -0.492 e. The number of benzene rings is 1. The molecule has 3 rings (SSSR count). The van der Waals surface area contributed by atoms with Crippen LogP contribution in [0.5, 0.6) is 5.88 Å². The molecule has 140 valence electrons. The first-order valence-electron chi connectivity index (χ1n) is 8.21. The first kappa shape index (κ1) is 18.7. The van der Waals surface area contributed by atoms with Crippen molar-refractivity contribution in [2.45, 2.75) is 13.0 Å². The van der Waals surface area contributed by atoms with Crippen molar-refractivity contribution in [2.24, 2.45) is 0 Å². The van der Waals surface area contributed by atoms with E-state index in [1.807, 2.05) is 4.90 Å². The van der Waals surface area contributed by atoms with Crippen molar-refractivity contribution in [2.75, 3.05) is 13.1 Å². The van der Waals surface area contributed by atoms with E-state index < -0.39 is 11.0 Å². The van der Waals surface area contributed by atoms with Crippen LogP contribution in [-0.4, -0.2) is 42.6 Å². The van der Waals surface area contributed by atoms with Crippen molar-refractivity contribution in [3.8, 4) is 5.88 Å². The second-order valence-electron chi connectivity index (χ2n) is 5.93. The number of aromatic nitrogens is 3. The van der Waals surface area contributed by atoms with Crippen LogP contribution in [0.25, 0.3) is 4.96 Å². The van der Waals surface area contributed by atoms with Gasteiger partial charge in [-0.2, -0.15) is 4.52 Å². The fourth-order valence-electron chi connectivity index (χ4n) is 2.98. The molecule has 3 aromatic rings. The number of nitro benzene ring substituents is 1. The molecule has 0 aliphatic rings. The number of fused-ring (bicyclic) bond motifs is 1. The van der Waals surface area contributed by atoms with E-state index in [4.69, 9.17) is 0 Å². The zero-order valence-electron chi connectivity index (χ0n) is 14.8. The first-order valence-corrected chi connectivity index (χ1v) is 9.03. The Balaban J connectivity index is 2.19. The topological polar surface area (TPSA) is 96.8 Å². The largest absolute Gasteiger partial charge is 0.492 e. The predicted octanol–water partition coefficient (Wildman–Crippen LogP) is 3.48. The van der Waals surface area contributed by atoms with Crippen molar-refractivity contribution in [3.05, 3.63) is 76.0 Å². The van der Waals surface area contributed by atoms with Crippen molar-refractivity contribution in [1.29, 1.82) is 0 Å². The Morgan fingerprint density at radius 3 is 2.70 bits per heavy atom. The van der Waals surface area contributed by atoms with Gasteiger partial charge in [0, 0.05) is 25.2 Å². The molecule has 0 fully saturated rings. The van der Waals surface area contributed by atoms with Gasteiger partial charge in [-0.15, -0.1) is 18.3 Å². The number of non-ortho nitro benzene ring substituents is 1. The van der Waals surface area contributed by atoms with Gasteiger partial charge in [-0.3, -0.25) is 15.0 Å². The fourth-order valence-corrected chi connectivity index (χ4v) is 4.14. The standard InChI is InChI=1S/C18H19N5O3S/c1-4-9-21(10-5-2)15(13-7-6-8-14(11-13)23(25)26)16-17(24)22-18(27-16)19-12(3)20-22/h4-8,11,15,24H,1-2,9-10H2,3H3. The van der Waals surface area contributed by atoms with Crippen LogP contribution < -0.4 is 0 Å². The molecule has 0 bridgehead atoms. The molecule has 0 amide bonds. The second-order valence-corrected chi connectivity index (χ2v) is 6.94. The molecule has 0 aliphatic carbocycles. The average Bonchev–Trinajstić information content (AvgIpc) is 3.14. The lowest BCUT2D eigenvalue weighted by Gasteiger charge is -2.29. The Hall–Kier alpha value is -3.04. The van der Waals surface area contributed by atoms with Crippen molar-refractivity contribution < 1.29 is 10.0 Å². The molecule has 1 atom stereocenters. The van der Waals surface area contributed by atoms with Crippen molar-refractivity contribution in [1.82, 2.24) is 19.5 Å². The predicted molar refractivity (Wildman–Crippen MR) is 104 cm³/mol. The molecule has 0 radical (unpaired) electrons. The molecule has 1 N–H and O–H groups in total. The van der Waals surface area contributed by atoms with Crippen LogP contribution in [0.15, 0.2) is 49.6 Å². The smallest absolute Gasteiger partial charge is 0.269 e. The molecule has 2 aromatic heterocycles. The molecule has 0 aliphatic heterocycles. The minimum absolute atomic E-state index is 0.00977. The number of hydrogen-bond donors (Lipinski definition) is 1. The van der Waals surface area contributed by atoms with Gasteiger partial charge in [-0.1, -0.05) is 35.6 Å². The van der Waals surface area contributed by atoms with E-state index in [9.17, 15) is 15.2 Å².